The van der Waals surface area contributed by atoms with Crippen LogP contribution in [-0.4, -0.2) is 30.7 Å². The summed E-state index contributed by atoms with van der Waals surface area (Å²) in [5.41, 5.74) is 1.09. The molecule has 6 nitrogen and oxygen atoms in total. The molecule has 1 fully saturated rings. The number of amides is 2. The fraction of sp³-hybridized carbons (Fsp3) is 0.0952. The number of halogens is 1. The smallest absolute Gasteiger partial charge is 0.279 e. The highest BCUT2D eigenvalue weighted by Gasteiger charge is 2.25. The minimum absolute atomic E-state index is 0.221. The van der Waals surface area contributed by atoms with Crippen LogP contribution in [0.4, 0.5) is 0 Å². The van der Waals surface area contributed by atoms with Crippen molar-refractivity contribution in [3.8, 4) is 11.5 Å². The standard InChI is InChI=1S/C21H17ClN2O4S/c1-3-9-28-18-15(22)10-13(11-16(18)27-2)12-17-20(26)24-21(29-17)23-19(25)14-7-5-4-6-8-14/h3-8,10-12H,1,9H2,2H3,(H,23,24,25,26)/b17-12-. The fourth-order valence-electron chi connectivity index (χ4n) is 2.47. The minimum atomic E-state index is -0.428. The van der Waals surface area contributed by atoms with Gasteiger partial charge < -0.3 is 14.8 Å². The molecule has 8 heteroatoms. The molecule has 1 aliphatic heterocycles. The Bertz CT molecular complexity index is 1020. The lowest BCUT2D eigenvalue weighted by molar-refractivity contribution is -0.115. The number of methoxy groups -OCH3 is 1. The average molecular weight is 429 g/mol. The van der Waals surface area contributed by atoms with Crippen LogP contribution in [0.1, 0.15) is 15.9 Å². The molecule has 29 heavy (non-hydrogen) atoms. The predicted octanol–water partition coefficient (Wildman–Crippen LogP) is 4.31. The van der Waals surface area contributed by atoms with Gasteiger partial charge in [-0.05, 0) is 47.7 Å². The molecule has 0 aliphatic carbocycles. The van der Waals surface area contributed by atoms with Gasteiger partial charge in [0.25, 0.3) is 11.8 Å². The van der Waals surface area contributed by atoms with Crippen LogP contribution in [0.2, 0.25) is 5.02 Å². The summed E-state index contributed by atoms with van der Waals surface area (Å²) in [6.07, 6.45) is 3.24. The molecule has 1 heterocycles. The maximum Gasteiger partial charge on any atom is 0.279 e. The zero-order valence-electron chi connectivity index (χ0n) is 15.5. The highest BCUT2D eigenvalue weighted by atomic mass is 35.5. The van der Waals surface area contributed by atoms with Gasteiger partial charge in [-0.15, -0.1) is 0 Å². The number of thioether (sulfide) groups is 1. The molecule has 2 aromatic rings. The number of benzene rings is 2. The predicted molar refractivity (Wildman–Crippen MR) is 116 cm³/mol. The van der Waals surface area contributed by atoms with Crippen LogP contribution in [0.15, 0.2) is 65.0 Å². The number of nitrogens with zero attached hydrogens (tertiary/aromatic N) is 1. The van der Waals surface area contributed by atoms with E-state index in [4.69, 9.17) is 21.1 Å². The average Bonchev–Trinajstić information content (AvgIpc) is 3.06. The molecule has 148 valence electrons. The van der Waals surface area contributed by atoms with E-state index in [2.05, 4.69) is 16.9 Å². The van der Waals surface area contributed by atoms with E-state index in [9.17, 15) is 9.59 Å². The second kappa shape index (κ2) is 9.45. The minimum Gasteiger partial charge on any atom is -0.493 e. The molecule has 0 atom stereocenters. The number of nitrogens with one attached hydrogen (secondary N) is 1. The molecule has 2 aromatic carbocycles. The summed E-state index contributed by atoms with van der Waals surface area (Å²) >= 11 is 7.37. The van der Waals surface area contributed by atoms with Crippen LogP contribution < -0.4 is 14.8 Å². The van der Waals surface area contributed by atoms with E-state index < -0.39 is 5.91 Å². The maximum atomic E-state index is 12.3. The second-order valence-corrected chi connectivity index (χ2v) is 7.22. The van der Waals surface area contributed by atoms with Gasteiger partial charge in [0.2, 0.25) is 0 Å². The van der Waals surface area contributed by atoms with E-state index in [0.29, 0.717) is 32.6 Å². The number of aliphatic imine (C=N–C) groups is 1. The summed E-state index contributed by atoms with van der Waals surface area (Å²) in [4.78, 5) is 28.8. The topological polar surface area (TPSA) is 77.0 Å². The first kappa shape index (κ1) is 20.7. The Morgan fingerprint density at radius 2 is 2.07 bits per heavy atom. The Balaban J connectivity index is 1.83. The number of ether oxygens (including phenoxy) is 2. The summed E-state index contributed by atoms with van der Waals surface area (Å²) in [5.74, 6) is 0.0537. The van der Waals surface area contributed by atoms with E-state index in [1.807, 2.05) is 6.07 Å². The summed E-state index contributed by atoms with van der Waals surface area (Å²) in [7, 11) is 1.50. The lowest BCUT2D eigenvalue weighted by atomic mass is 10.2. The van der Waals surface area contributed by atoms with E-state index in [-0.39, 0.29) is 17.7 Å². The zero-order valence-corrected chi connectivity index (χ0v) is 17.0. The van der Waals surface area contributed by atoms with E-state index >= 15 is 0 Å². The van der Waals surface area contributed by atoms with Gasteiger partial charge in [-0.2, -0.15) is 4.99 Å². The Morgan fingerprint density at radius 3 is 2.76 bits per heavy atom. The first-order chi connectivity index (χ1) is 14.0. The SMILES string of the molecule is C=CCOc1c(Cl)cc(/C=C2\SC(=NC(=O)c3ccccc3)NC2=O)cc1OC. The van der Waals surface area contributed by atoms with Gasteiger partial charge >= 0.3 is 0 Å². The maximum absolute atomic E-state index is 12.3. The molecule has 1 saturated heterocycles. The normalized spacial score (nSPS) is 16.0. The van der Waals surface area contributed by atoms with Crippen LogP contribution >= 0.6 is 23.4 Å². The van der Waals surface area contributed by atoms with Gasteiger partial charge in [0.15, 0.2) is 16.7 Å². The summed E-state index contributed by atoms with van der Waals surface area (Å²) in [6, 6.07) is 12.0. The van der Waals surface area contributed by atoms with Crippen LogP contribution in [0, 0.1) is 0 Å². The summed E-state index contributed by atoms with van der Waals surface area (Å²) in [5, 5.41) is 3.16. The summed E-state index contributed by atoms with van der Waals surface area (Å²) in [6.45, 7) is 3.88. The molecule has 0 radical (unpaired) electrons. The molecule has 0 saturated carbocycles. The Hall–Kier alpha value is -3.03. The van der Waals surface area contributed by atoms with Crippen molar-refractivity contribution in [2.45, 2.75) is 0 Å². The van der Waals surface area contributed by atoms with Crippen molar-refractivity contribution in [3.63, 3.8) is 0 Å². The van der Waals surface area contributed by atoms with Crippen LogP contribution in [0.3, 0.4) is 0 Å². The molecule has 1 N–H and O–H groups in total. The monoisotopic (exact) mass is 428 g/mol. The molecule has 1 aliphatic rings. The number of hydrogen-bond acceptors (Lipinski definition) is 5. The van der Waals surface area contributed by atoms with Gasteiger partial charge in [0.05, 0.1) is 17.0 Å². The zero-order chi connectivity index (χ0) is 20.8. The van der Waals surface area contributed by atoms with Crippen molar-refractivity contribution in [2.75, 3.05) is 13.7 Å². The molecule has 0 aromatic heterocycles. The summed E-state index contributed by atoms with van der Waals surface area (Å²) < 4.78 is 10.8. The third-order valence-corrected chi connectivity index (χ3v) is 4.96. The molecule has 2 amide bonds. The molecule has 0 bridgehead atoms. The number of hydrogen-bond donors (Lipinski definition) is 1. The quantitative estimate of drug-likeness (QED) is 0.548. The van der Waals surface area contributed by atoms with Crippen LogP contribution in [-0.2, 0) is 4.79 Å². The van der Waals surface area contributed by atoms with Crippen LogP contribution in [0.5, 0.6) is 11.5 Å². The first-order valence-corrected chi connectivity index (χ1v) is 9.71. The van der Waals surface area contributed by atoms with Crippen molar-refractivity contribution in [2.24, 2.45) is 4.99 Å². The molecule has 0 unspecified atom stereocenters. The van der Waals surface area contributed by atoms with Crippen molar-refractivity contribution >= 4 is 46.4 Å². The van der Waals surface area contributed by atoms with Gasteiger partial charge in [-0.3, -0.25) is 9.59 Å². The second-order valence-electron chi connectivity index (χ2n) is 5.79. The van der Waals surface area contributed by atoms with Gasteiger partial charge in [-0.1, -0.05) is 42.5 Å². The number of amidine groups is 1. The molecule has 3 rings (SSSR count). The van der Waals surface area contributed by atoms with Crippen molar-refractivity contribution in [1.29, 1.82) is 0 Å². The first-order valence-electron chi connectivity index (χ1n) is 8.52. The van der Waals surface area contributed by atoms with Gasteiger partial charge in [0, 0.05) is 5.56 Å². The molecular formula is C21H17ClN2O4S. The highest BCUT2D eigenvalue weighted by molar-refractivity contribution is 8.18. The van der Waals surface area contributed by atoms with Crippen molar-refractivity contribution in [3.05, 3.63) is 76.2 Å². The molecule has 0 spiro atoms. The third-order valence-electron chi connectivity index (χ3n) is 3.77. The number of rotatable bonds is 6. The Labute approximate surface area is 177 Å². The van der Waals surface area contributed by atoms with Crippen LogP contribution in [0.25, 0.3) is 6.08 Å². The van der Waals surface area contributed by atoms with E-state index in [1.165, 1.54) is 7.11 Å². The molecular weight excluding hydrogens is 412 g/mol. The fourth-order valence-corrected chi connectivity index (χ4v) is 3.57. The Morgan fingerprint density at radius 1 is 1.31 bits per heavy atom. The van der Waals surface area contributed by atoms with Gasteiger partial charge in [-0.25, -0.2) is 0 Å². The van der Waals surface area contributed by atoms with Crippen molar-refractivity contribution < 1.29 is 19.1 Å². The lowest BCUT2D eigenvalue weighted by Crippen LogP contribution is -2.20. The lowest BCUT2D eigenvalue weighted by Gasteiger charge is -2.12. The number of carbonyl (C=O) groups excluding carboxylic acids is 2. The third kappa shape index (κ3) is 5.07. The Kier molecular flexibility index (Phi) is 6.74. The van der Waals surface area contributed by atoms with Gasteiger partial charge in [0.1, 0.15) is 6.61 Å². The number of carbonyl (C=O) groups is 2. The largest absolute Gasteiger partial charge is 0.493 e. The van der Waals surface area contributed by atoms with E-state index in [0.717, 1.165) is 11.8 Å². The van der Waals surface area contributed by atoms with E-state index in [1.54, 1.807) is 48.6 Å². The highest BCUT2D eigenvalue weighted by Crippen LogP contribution is 2.38. The van der Waals surface area contributed by atoms with Crippen molar-refractivity contribution in [1.82, 2.24) is 5.32 Å².